The molecule has 0 bridgehead atoms. The smallest absolute Gasteiger partial charge is 0.300 e. The highest BCUT2D eigenvalue weighted by Crippen LogP contribution is 2.66. The van der Waals surface area contributed by atoms with E-state index in [2.05, 4.69) is 4.99 Å². The van der Waals surface area contributed by atoms with E-state index in [1.165, 1.54) is 6.92 Å². The molecule has 0 amide bonds. The second-order valence-electron chi connectivity index (χ2n) is 8.28. The molecule has 1 aromatic rings. The third kappa shape index (κ3) is 4.77. The Morgan fingerprint density at radius 3 is 2.44 bits per heavy atom. The number of hydrogen-bond acceptors (Lipinski definition) is 3. The number of allylic oxidation sites excluding steroid dienone is 1. The van der Waals surface area contributed by atoms with Gasteiger partial charge in [-0.15, -0.1) is 34.8 Å². The molecule has 0 saturated heterocycles. The van der Waals surface area contributed by atoms with Gasteiger partial charge in [0.1, 0.15) is 27.2 Å². The molecule has 0 N–H and O–H groups in total. The van der Waals surface area contributed by atoms with Gasteiger partial charge in [0.15, 0.2) is 5.78 Å². The third-order valence-electron chi connectivity index (χ3n) is 6.12. The van der Waals surface area contributed by atoms with Gasteiger partial charge in [-0.05, 0) is 56.5 Å². The van der Waals surface area contributed by atoms with E-state index in [-0.39, 0.29) is 22.9 Å². The van der Waals surface area contributed by atoms with Crippen LogP contribution in [0, 0.1) is 17.7 Å². The molecule has 174 valence electrons. The Kier molecular flexibility index (Phi) is 7.19. The zero-order chi connectivity index (χ0) is 24.2. The minimum Gasteiger partial charge on any atom is -0.300 e. The first kappa shape index (κ1) is 26.0. The van der Waals surface area contributed by atoms with Crippen LogP contribution in [0.2, 0.25) is 0 Å². The van der Waals surface area contributed by atoms with Crippen LogP contribution in [0.1, 0.15) is 44.2 Å². The van der Waals surface area contributed by atoms with Crippen molar-refractivity contribution in [2.75, 3.05) is 5.88 Å². The van der Waals surface area contributed by atoms with E-state index >= 15 is 0 Å². The zero-order valence-electron chi connectivity index (χ0n) is 17.4. The molecule has 1 aromatic carbocycles. The predicted molar refractivity (Wildman–Crippen MR) is 129 cm³/mol. The maximum Gasteiger partial charge on any atom is 0.321 e. The van der Waals surface area contributed by atoms with Crippen molar-refractivity contribution < 1.29 is 22.8 Å². The van der Waals surface area contributed by atoms with Crippen LogP contribution in [0.15, 0.2) is 34.8 Å². The van der Waals surface area contributed by atoms with E-state index in [0.717, 1.165) is 46.4 Å². The van der Waals surface area contributed by atoms with Crippen LogP contribution in [0.5, 0.6) is 0 Å². The molecule has 3 nitrogen and oxygen atoms in total. The lowest BCUT2D eigenvalue weighted by atomic mass is 9.85. The highest BCUT2D eigenvalue weighted by Gasteiger charge is 2.70. The number of rotatable bonds is 9. The molecule has 0 spiro atoms. The van der Waals surface area contributed by atoms with Crippen molar-refractivity contribution in [3.63, 3.8) is 0 Å². The Morgan fingerprint density at radius 2 is 1.94 bits per heavy atom. The number of benzene rings is 1. The highest BCUT2D eigenvalue weighted by molar-refractivity contribution is 14.1. The molecule has 3 rings (SSSR count). The summed E-state index contributed by atoms with van der Waals surface area (Å²) in [5, 5.41) is 0. The van der Waals surface area contributed by atoms with Crippen molar-refractivity contribution in [1.82, 2.24) is 0 Å². The SMILES string of the molecule is C/C=C(\C[C@@H](CCl)C(C)=O)[C@@]1(C)N=C1C(=O)C1C(c2cc(F)cc(C(F)(F)I)c2)C1(Cl)Cl. The molecule has 1 saturated carbocycles. The minimum absolute atomic E-state index is 0.0618. The Balaban J connectivity index is 1.82. The number of Topliss-reactive ketones (excluding diaryl/α,β-unsaturated/α-hetero) is 2. The zero-order valence-corrected chi connectivity index (χ0v) is 21.8. The number of nitrogens with zero attached hydrogens (tertiary/aromatic N) is 1. The average Bonchev–Trinajstić information content (AvgIpc) is 3.52. The van der Waals surface area contributed by atoms with Gasteiger partial charge in [0.2, 0.25) is 0 Å². The van der Waals surface area contributed by atoms with Crippen LogP contribution in [0.3, 0.4) is 0 Å². The first-order chi connectivity index (χ1) is 14.7. The highest BCUT2D eigenvalue weighted by atomic mass is 127. The van der Waals surface area contributed by atoms with Gasteiger partial charge in [-0.2, -0.15) is 8.78 Å². The topological polar surface area (TPSA) is 46.5 Å². The molecule has 1 aliphatic heterocycles. The van der Waals surface area contributed by atoms with E-state index in [1.807, 2.05) is 0 Å². The molecule has 1 aliphatic carbocycles. The maximum atomic E-state index is 14.0. The average molecular weight is 621 g/mol. The molecule has 1 fully saturated rings. The number of carbonyl (C=O) groups is 2. The lowest BCUT2D eigenvalue weighted by Gasteiger charge is -2.18. The summed E-state index contributed by atoms with van der Waals surface area (Å²) in [5.41, 5.74) is -0.280. The Bertz CT molecular complexity index is 1040. The molecular weight excluding hydrogens is 601 g/mol. The fourth-order valence-electron chi connectivity index (χ4n) is 4.06. The van der Waals surface area contributed by atoms with Gasteiger partial charge in [-0.3, -0.25) is 14.6 Å². The lowest BCUT2D eigenvalue weighted by Crippen LogP contribution is -2.28. The van der Waals surface area contributed by atoms with Gasteiger partial charge < -0.3 is 0 Å². The number of hydrogen-bond donors (Lipinski definition) is 0. The number of aliphatic imine (C=N–C) groups is 1. The van der Waals surface area contributed by atoms with E-state index < -0.39 is 48.7 Å². The van der Waals surface area contributed by atoms with Gasteiger partial charge in [-0.25, -0.2) is 4.39 Å². The molecule has 2 aliphatic rings. The minimum atomic E-state index is -3.29. The lowest BCUT2D eigenvalue weighted by molar-refractivity contribution is -0.120. The van der Waals surface area contributed by atoms with Crippen molar-refractivity contribution in [1.29, 1.82) is 0 Å². The molecule has 4 atom stereocenters. The van der Waals surface area contributed by atoms with Crippen LogP contribution >= 0.6 is 57.4 Å². The maximum absolute atomic E-state index is 14.0. The van der Waals surface area contributed by atoms with Gasteiger partial charge in [-0.1, -0.05) is 6.08 Å². The van der Waals surface area contributed by atoms with E-state index in [0.29, 0.717) is 6.42 Å². The number of halogens is 7. The number of ketones is 2. The summed E-state index contributed by atoms with van der Waals surface area (Å²) in [6.45, 7) is 4.99. The molecule has 2 unspecified atom stereocenters. The largest absolute Gasteiger partial charge is 0.321 e. The summed E-state index contributed by atoms with van der Waals surface area (Å²) < 4.78 is 36.6. The summed E-state index contributed by atoms with van der Waals surface area (Å²) >= 11 is 19.5. The molecule has 0 radical (unpaired) electrons. The molecular formula is C22H20Cl3F3INO2. The van der Waals surface area contributed by atoms with E-state index in [9.17, 15) is 22.8 Å². The summed E-state index contributed by atoms with van der Waals surface area (Å²) in [6, 6.07) is 2.92. The first-order valence-electron chi connectivity index (χ1n) is 9.80. The van der Waals surface area contributed by atoms with Gasteiger partial charge in [0.05, 0.1) is 5.92 Å². The van der Waals surface area contributed by atoms with Crippen molar-refractivity contribution in [2.24, 2.45) is 16.8 Å². The quantitative estimate of drug-likeness (QED) is 0.174. The fraction of sp³-hybridized carbons (Fsp3) is 0.500. The van der Waals surface area contributed by atoms with Crippen LogP contribution in [0.4, 0.5) is 13.2 Å². The van der Waals surface area contributed by atoms with Crippen LogP contribution in [-0.2, 0) is 13.5 Å². The van der Waals surface area contributed by atoms with E-state index in [1.54, 1.807) is 19.9 Å². The summed E-state index contributed by atoms with van der Waals surface area (Å²) in [5.74, 6) is -3.39. The Hall–Kier alpha value is -0.640. The number of alkyl halides is 6. The molecule has 10 heteroatoms. The standard InChI is InChI=1S/C22H20Cl3F3INO2/c1-4-13(6-12(9-23)10(2)31)20(3)19(30-20)18(32)17-16(21(17,24)25)11-5-14(22(27,28)29)8-15(26)7-11/h4-5,7-8,12,16-17H,6,9H2,1-3H3/b13-4+/t12-,16?,17?,20+/m0/s1. The van der Waals surface area contributed by atoms with E-state index in [4.69, 9.17) is 34.8 Å². The molecule has 1 heterocycles. The van der Waals surface area contributed by atoms with Crippen molar-refractivity contribution in [3.8, 4) is 0 Å². The normalized spacial score (nSPS) is 27.6. The van der Waals surface area contributed by atoms with Crippen molar-refractivity contribution in [2.45, 2.75) is 46.9 Å². The molecule has 32 heavy (non-hydrogen) atoms. The van der Waals surface area contributed by atoms with Crippen LogP contribution in [-0.4, -0.2) is 33.0 Å². The Labute approximate surface area is 212 Å². The van der Waals surface area contributed by atoms with Gasteiger partial charge >= 0.3 is 3.93 Å². The summed E-state index contributed by atoms with van der Waals surface area (Å²) in [7, 11) is 0. The monoisotopic (exact) mass is 619 g/mol. The van der Waals surface area contributed by atoms with Crippen LogP contribution in [0.25, 0.3) is 0 Å². The van der Waals surface area contributed by atoms with Crippen LogP contribution < -0.4 is 0 Å². The second-order valence-corrected chi connectivity index (χ2v) is 11.4. The predicted octanol–water partition coefficient (Wildman–Crippen LogP) is 6.76. The molecule has 0 aromatic heterocycles. The Morgan fingerprint density at radius 1 is 1.31 bits per heavy atom. The first-order valence-corrected chi connectivity index (χ1v) is 12.2. The van der Waals surface area contributed by atoms with Crippen molar-refractivity contribution in [3.05, 3.63) is 46.8 Å². The second kappa shape index (κ2) is 8.86. The fourth-order valence-corrected chi connectivity index (χ4v) is 5.52. The third-order valence-corrected chi connectivity index (χ3v) is 8.06. The summed E-state index contributed by atoms with van der Waals surface area (Å²) in [4.78, 5) is 29.3. The number of carbonyl (C=O) groups excluding carboxylic acids is 2. The van der Waals surface area contributed by atoms with Gasteiger partial charge in [0.25, 0.3) is 0 Å². The van der Waals surface area contributed by atoms with Crippen molar-refractivity contribution >= 4 is 74.7 Å². The summed E-state index contributed by atoms with van der Waals surface area (Å²) in [6.07, 6.45) is 2.15. The van der Waals surface area contributed by atoms with Gasteiger partial charge in [0, 0.05) is 45.9 Å².